The van der Waals surface area contributed by atoms with Crippen molar-refractivity contribution in [2.45, 2.75) is 51.5 Å². The fourth-order valence-electron chi connectivity index (χ4n) is 2.93. The van der Waals surface area contributed by atoms with Gasteiger partial charge in [0.2, 0.25) is 0 Å². The average molecular weight is 285 g/mol. The minimum atomic E-state index is -0.419. The van der Waals surface area contributed by atoms with Crippen LogP contribution in [0.1, 0.15) is 50.9 Å². The van der Waals surface area contributed by atoms with Gasteiger partial charge in [0.25, 0.3) is 5.89 Å². The molecule has 1 fully saturated rings. The lowest BCUT2D eigenvalue weighted by molar-refractivity contribution is 0.230. The van der Waals surface area contributed by atoms with Crippen molar-refractivity contribution < 1.29 is 4.52 Å². The van der Waals surface area contributed by atoms with Crippen molar-refractivity contribution in [3.8, 4) is 11.5 Å². The number of nitrogens with zero attached hydrogens (tertiary/aromatic N) is 2. The van der Waals surface area contributed by atoms with Gasteiger partial charge in [0, 0.05) is 5.56 Å². The minimum Gasteiger partial charge on any atom is -0.334 e. The molecule has 1 aromatic heterocycles. The first-order valence-corrected chi connectivity index (χ1v) is 7.83. The van der Waals surface area contributed by atoms with Gasteiger partial charge in [-0.05, 0) is 55.7 Å². The van der Waals surface area contributed by atoms with Crippen LogP contribution in [0.25, 0.3) is 11.5 Å². The Morgan fingerprint density at radius 3 is 2.52 bits per heavy atom. The maximum atomic E-state index is 6.49. The standard InChI is InChI=1S/C17H23N3O/c1-3-13-4-6-14(7-5-13)15-19-16(20-21-15)17(18)10-8-12(2)9-11-17/h4-7,12H,3,8-11,18H2,1-2H3. The molecule has 0 spiro atoms. The third kappa shape index (κ3) is 2.86. The molecule has 0 amide bonds. The number of nitrogens with two attached hydrogens (primary N) is 1. The number of benzene rings is 1. The second-order valence-electron chi connectivity index (χ2n) is 6.31. The van der Waals surface area contributed by atoms with E-state index in [1.54, 1.807) is 0 Å². The summed E-state index contributed by atoms with van der Waals surface area (Å²) in [6, 6.07) is 8.25. The molecule has 112 valence electrons. The number of aryl methyl sites for hydroxylation is 1. The van der Waals surface area contributed by atoms with E-state index in [-0.39, 0.29) is 0 Å². The predicted octanol–water partition coefficient (Wildman–Crippen LogP) is 3.66. The van der Waals surface area contributed by atoms with E-state index in [1.807, 2.05) is 12.1 Å². The Labute approximate surface area is 125 Å². The van der Waals surface area contributed by atoms with Crippen molar-refractivity contribution in [3.05, 3.63) is 35.7 Å². The van der Waals surface area contributed by atoms with Crippen molar-refractivity contribution in [1.29, 1.82) is 0 Å². The van der Waals surface area contributed by atoms with E-state index in [0.29, 0.717) is 11.7 Å². The molecule has 0 radical (unpaired) electrons. The van der Waals surface area contributed by atoms with Crippen molar-refractivity contribution in [2.75, 3.05) is 0 Å². The molecule has 1 aromatic carbocycles. The van der Waals surface area contributed by atoms with Crippen LogP contribution in [0, 0.1) is 5.92 Å². The Bertz CT molecular complexity index is 595. The summed E-state index contributed by atoms with van der Waals surface area (Å²) in [6.45, 7) is 4.42. The summed E-state index contributed by atoms with van der Waals surface area (Å²) in [6.07, 6.45) is 5.15. The first-order chi connectivity index (χ1) is 10.1. The van der Waals surface area contributed by atoms with Crippen LogP contribution in [0.15, 0.2) is 28.8 Å². The Balaban J connectivity index is 1.82. The first kappa shape index (κ1) is 14.3. The SMILES string of the molecule is CCc1ccc(-c2nc(C3(N)CCC(C)CC3)no2)cc1. The molecule has 0 aliphatic heterocycles. The summed E-state index contributed by atoms with van der Waals surface area (Å²) < 4.78 is 5.43. The zero-order valence-electron chi connectivity index (χ0n) is 12.8. The summed E-state index contributed by atoms with van der Waals surface area (Å²) in [5.74, 6) is 1.97. The maximum Gasteiger partial charge on any atom is 0.257 e. The first-order valence-electron chi connectivity index (χ1n) is 7.83. The largest absolute Gasteiger partial charge is 0.334 e. The zero-order valence-corrected chi connectivity index (χ0v) is 12.8. The number of hydrogen-bond donors (Lipinski definition) is 1. The number of aromatic nitrogens is 2. The second kappa shape index (κ2) is 5.60. The summed E-state index contributed by atoms with van der Waals surface area (Å²) >= 11 is 0. The van der Waals surface area contributed by atoms with Gasteiger partial charge in [-0.15, -0.1) is 0 Å². The number of rotatable bonds is 3. The van der Waals surface area contributed by atoms with Crippen LogP contribution in [0.2, 0.25) is 0 Å². The van der Waals surface area contributed by atoms with Gasteiger partial charge < -0.3 is 10.3 Å². The lowest BCUT2D eigenvalue weighted by Crippen LogP contribution is -2.41. The Kier molecular flexibility index (Phi) is 3.81. The molecule has 0 bridgehead atoms. The normalized spacial score (nSPS) is 26.0. The lowest BCUT2D eigenvalue weighted by atomic mass is 9.77. The lowest BCUT2D eigenvalue weighted by Gasteiger charge is -2.33. The number of hydrogen-bond acceptors (Lipinski definition) is 4. The molecule has 0 saturated heterocycles. The van der Waals surface area contributed by atoms with Crippen LogP contribution in [-0.2, 0) is 12.0 Å². The molecule has 1 heterocycles. The summed E-state index contributed by atoms with van der Waals surface area (Å²) in [5.41, 5.74) is 8.33. The molecule has 4 heteroatoms. The fourth-order valence-corrected chi connectivity index (χ4v) is 2.93. The minimum absolute atomic E-state index is 0.419. The van der Waals surface area contributed by atoms with E-state index in [4.69, 9.17) is 10.3 Å². The highest BCUT2D eigenvalue weighted by Gasteiger charge is 2.36. The van der Waals surface area contributed by atoms with Crippen molar-refractivity contribution in [1.82, 2.24) is 10.1 Å². The molecule has 0 atom stereocenters. The highest BCUT2D eigenvalue weighted by Crippen LogP contribution is 2.36. The molecule has 1 aliphatic carbocycles. The van der Waals surface area contributed by atoms with Crippen LogP contribution < -0.4 is 5.73 Å². The molecular formula is C17H23N3O. The van der Waals surface area contributed by atoms with Crippen molar-refractivity contribution in [3.63, 3.8) is 0 Å². The van der Waals surface area contributed by atoms with E-state index in [0.717, 1.165) is 43.6 Å². The molecule has 1 saturated carbocycles. The summed E-state index contributed by atoms with van der Waals surface area (Å²) in [4.78, 5) is 4.55. The highest BCUT2D eigenvalue weighted by atomic mass is 16.5. The van der Waals surface area contributed by atoms with E-state index in [2.05, 4.69) is 36.1 Å². The Hall–Kier alpha value is -1.68. The maximum absolute atomic E-state index is 6.49. The van der Waals surface area contributed by atoms with Crippen LogP contribution in [0.3, 0.4) is 0 Å². The van der Waals surface area contributed by atoms with Crippen molar-refractivity contribution >= 4 is 0 Å². The van der Waals surface area contributed by atoms with Gasteiger partial charge in [0.15, 0.2) is 5.82 Å². The third-order valence-corrected chi connectivity index (χ3v) is 4.65. The van der Waals surface area contributed by atoms with Gasteiger partial charge in [-0.25, -0.2) is 0 Å². The quantitative estimate of drug-likeness (QED) is 0.934. The second-order valence-corrected chi connectivity index (χ2v) is 6.31. The van der Waals surface area contributed by atoms with Gasteiger partial charge in [-0.3, -0.25) is 0 Å². The van der Waals surface area contributed by atoms with E-state index in [1.165, 1.54) is 5.56 Å². The van der Waals surface area contributed by atoms with Crippen LogP contribution in [0.5, 0.6) is 0 Å². The molecule has 21 heavy (non-hydrogen) atoms. The average Bonchev–Trinajstić information content (AvgIpc) is 3.01. The van der Waals surface area contributed by atoms with Crippen LogP contribution in [-0.4, -0.2) is 10.1 Å². The Morgan fingerprint density at radius 1 is 1.24 bits per heavy atom. The molecular weight excluding hydrogens is 262 g/mol. The molecule has 2 N–H and O–H groups in total. The smallest absolute Gasteiger partial charge is 0.257 e. The van der Waals surface area contributed by atoms with E-state index < -0.39 is 5.54 Å². The molecule has 2 aromatic rings. The molecule has 1 aliphatic rings. The molecule has 4 nitrogen and oxygen atoms in total. The van der Waals surface area contributed by atoms with Gasteiger partial charge in [0.05, 0.1) is 5.54 Å². The molecule has 3 rings (SSSR count). The van der Waals surface area contributed by atoms with Crippen LogP contribution >= 0.6 is 0 Å². The molecule has 0 unspecified atom stereocenters. The predicted molar refractivity (Wildman–Crippen MR) is 82.6 cm³/mol. The third-order valence-electron chi connectivity index (χ3n) is 4.65. The van der Waals surface area contributed by atoms with Gasteiger partial charge in [0.1, 0.15) is 0 Å². The van der Waals surface area contributed by atoms with E-state index in [9.17, 15) is 0 Å². The highest BCUT2D eigenvalue weighted by molar-refractivity contribution is 5.53. The van der Waals surface area contributed by atoms with Gasteiger partial charge in [-0.1, -0.05) is 31.1 Å². The topological polar surface area (TPSA) is 64.9 Å². The summed E-state index contributed by atoms with van der Waals surface area (Å²) in [7, 11) is 0. The van der Waals surface area contributed by atoms with Gasteiger partial charge in [-0.2, -0.15) is 4.98 Å². The monoisotopic (exact) mass is 285 g/mol. The van der Waals surface area contributed by atoms with Gasteiger partial charge >= 0.3 is 0 Å². The van der Waals surface area contributed by atoms with Crippen molar-refractivity contribution in [2.24, 2.45) is 11.7 Å². The fraction of sp³-hybridized carbons (Fsp3) is 0.529. The Morgan fingerprint density at radius 2 is 1.90 bits per heavy atom. The summed E-state index contributed by atoms with van der Waals surface area (Å²) in [5, 5.41) is 4.14. The van der Waals surface area contributed by atoms with E-state index >= 15 is 0 Å². The zero-order chi connectivity index (χ0) is 14.9. The van der Waals surface area contributed by atoms with Crippen LogP contribution in [0.4, 0.5) is 0 Å².